The van der Waals surface area contributed by atoms with Crippen LogP contribution in [0.15, 0.2) is 47.4 Å². The van der Waals surface area contributed by atoms with Gasteiger partial charge < -0.3 is 10.5 Å². The van der Waals surface area contributed by atoms with Gasteiger partial charge in [-0.05, 0) is 18.2 Å². The van der Waals surface area contributed by atoms with E-state index in [0.29, 0.717) is 10.7 Å². The molecule has 0 heterocycles. The summed E-state index contributed by atoms with van der Waals surface area (Å²) in [6.45, 7) is 0.179. The van der Waals surface area contributed by atoms with Gasteiger partial charge in [-0.1, -0.05) is 29.8 Å². The van der Waals surface area contributed by atoms with Crippen LogP contribution in [0, 0.1) is 0 Å². The molecule has 2 aromatic rings. The molecular weight excluding hydrogens is 300 g/mol. The molecule has 2 aromatic carbocycles. The topological polar surface area (TPSA) is 95.4 Å². The lowest BCUT2D eigenvalue weighted by Crippen LogP contribution is -2.12. The summed E-state index contributed by atoms with van der Waals surface area (Å²) in [6.07, 6.45) is 0. The number of rotatable bonds is 4. The van der Waals surface area contributed by atoms with Crippen molar-refractivity contribution in [1.29, 1.82) is 0 Å². The zero-order chi connectivity index (χ0) is 14.8. The molecule has 0 saturated heterocycles. The normalized spacial score (nSPS) is 11.3. The van der Waals surface area contributed by atoms with Crippen LogP contribution >= 0.6 is 11.6 Å². The van der Waals surface area contributed by atoms with Crippen LogP contribution in [0.25, 0.3) is 0 Å². The number of sulfonamides is 1. The summed E-state index contributed by atoms with van der Waals surface area (Å²) in [7, 11) is -3.79. The van der Waals surface area contributed by atoms with Crippen molar-refractivity contribution in [1.82, 2.24) is 0 Å². The number of benzene rings is 2. The summed E-state index contributed by atoms with van der Waals surface area (Å²) in [5.74, 6) is 0.247. The van der Waals surface area contributed by atoms with Crippen molar-refractivity contribution in [2.24, 2.45) is 5.14 Å². The van der Waals surface area contributed by atoms with Gasteiger partial charge in [-0.2, -0.15) is 0 Å². The van der Waals surface area contributed by atoms with Gasteiger partial charge in [0.15, 0.2) is 0 Å². The number of anilines is 1. The monoisotopic (exact) mass is 312 g/mol. The molecule has 0 aliphatic rings. The number of hydrogen-bond acceptors (Lipinski definition) is 4. The molecule has 0 radical (unpaired) electrons. The number of primary sulfonamides is 1. The Morgan fingerprint density at radius 1 is 1.15 bits per heavy atom. The Morgan fingerprint density at radius 2 is 1.85 bits per heavy atom. The third kappa shape index (κ3) is 3.41. The quantitative estimate of drug-likeness (QED) is 0.845. The van der Waals surface area contributed by atoms with Gasteiger partial charge in [-0.3, -0.25) is 0 Å². The smallest absolute Gasteiger partial charge is 0.238 e. The molecule has 0 fully saturated rings. The van der Waals surface area contributed by atoms with Crippen LogP contribution in [0.4, 0.5) is 5.69 Å². The second kappa shape index (κ2) is 5.70. The Morgan fingerprint density at radius 3 is 2.50 bits per heavy atom. The van der Waals surface area contributed by atoms with E-state index in [2.05, 4.69) is 0 Å². The number of nitrogens with two attached hydrogens (primary N) is 2. The van der Waals surface area contributed by atoms with E-state index >= 15 is 0 Å². The van der Waals surface area contributed by atoms with Crippen molar-refractivity contribution in [2.45, 2.75) is 11.5 Å². The van der Waals surface area contributed by atoms with Crippen molar-refractivity contribution >= 4 is 27.3 Å². The number of nitrogen functional groups attached to an aromatic ring is 1. The maximum Gasteiger partial charge on any atom is 0.238 e. The zero-order valence-electron chi connectivity index (χ0n) is 10.4. The van der Waals surface area contributed by atoms with Crippen LogP contribution in [-0.2, 0) is 16.6 Å². The average Bonchev–Trinajstić information content (AvgIpc) is 2.38. The summed E-state index contributed by atoms with van der Waals surface area (Å²) in [5, 5.41) is 5.63. The van der Waals surface area contributed by atoms with E-state index in [9.17, 15) is 8.42 Å². The van der Waals surface area contributed by atoms with Crippen LogP contribution < -0.4 is 15.6 Å². The van der Waals surface area contributed by atoms with Crippen LogP contribution in [0.1, 0.15) is 5.56 Å². The van der Waals surface area contributed by atoms with Crippen LogP contribution in [0.5, 0.6) is 5.75 Å². The minimum atomic E-state index is -3.79. The minimum Gasteiger partial charge on any atom is -0.487 e. The van der Waals surface area contributed by atoms with E-state index in [1.54, 1.807) is 6.07 Å². The molecule has 106 valence electrons. The minimum absolute atomic E-state index is 0.0548. The van der Waals surface area contributed by atoms with E-state index < -0.39 is 10.0 Å². The number of ether oxygens (including phenoxy) is 1. The highest BCUT2D eigenvalue weighted by Crippen LogP contribution is 2.26. The Kier molecular flexibility index (Phi) is 4.17. The van der Waals surface area contributed by atoms with Gasteiger partial charge in [-0.15, -0.1) is 0 Å². The molecule has 0 atom stereocenters. The Balaban J connectivity index is 2.24. The Hall–Kier alpha value is -1.76. The summed E-state index contributed by atoms with van der Waals surface area (Å²) in [4.78, 5) is -0.0548. The van der Waals surface area contributed by atoms with Crippen molar-refractivity contribution in [2.75, 3.05) is 5.73 Å². The molecule has 0 aromatic heterocycles. The van der Waals surface area contributed by atoms with Gasteiger partial charge in [0.05, 0.1) is 10.6 Å². The Bertz CT molecular complexity index is 732. The van der Waals surface area contributed by atoms with Gasteiger partial charge in [0.1, 0.15) is 12.4 Å². The first-order valence-electron chi connectivity index (χ1n) is 5.66. The van der Waals surface area contributed by atoms with E-state index in [-0.39, 0.29) is 17.3 Å². The lowest BCUT2D eigenvalue weighted by molar-refractivity contribution is 0.307. The first-order chi connectivity index (χ1) is 9.38. The maximum absolute atomic E-state index is 11.3. The number of hydrogen-bond donors (Lipinski definition) is 2. The second-order valence-electron chi connectivity index (χ2n) is 4.12. The predicted octanol–water partition coefficient (Wildman–Crippen LogP) is 2.15. The lowest BCUT2D eigenvalue weighted by Gasteiger charge is -2.11. The fourth-order valence-corrected chi connectivity index (χ4v) is 2.31. The molecule has 5 nitrogen and oxygen atoms in total. The fourth-order valence-electron chi connectivity index (χ4n) is 1.59. The second-order valence-corrected chi connectivity index (χ2v) is 6.09. The molecule has 0 spiro atoms. The van der Waals surface area contributed by atoms with Crippen LogP contribution in [0.3, 0.4) is 0 Å². The molecular formula is C13H13ClN2O3S. The van der Waals surface area contributed by atoms with E-state index in [0.717, 1.165) is 5.56 Å². The Labute approximate surface area is 122 Å². The van der Waals surface area contributed by atoms with Crippen molar-refractivity contribution in [3.8, 4) is 5.75 Å². The fraction of sp³-hybridized carbons (Fsp3) is 0.0769. The molecule has 7 heteroatoms. The first kappa shape index (κ1) is 14.6. The SMILES string of the molecule is Nc1ccc(S(N)(=O)=O)cc1OCc1ccccc1Cl. The predicted molar refractivity (Wildman–Crippen MR) is 78.0 cm³/mol. The highest BCUT2D eigenvalue weighted by atomic mass is 35.5. The summed E-state index contributed by atoms with van der Waals surface area (Å²) in [6, 6.07) is 11.2. The molecule has 20 heavy (non-hydrogen) atoms. The largest absolute Gasteiger partial charge is 0.487 e. The molecule has 2 rings (SSSR count). The molecule has 0 bridgehead atoms. The van der Waals surface area contributed by atoms with E-state index in [1.807, 2.05) is 18.2 Å². The highest BCUT2D eigenvalue weighted by Gasteiger charge is 2.11. The van der Waals surface area contributed by atoms with Crippen molar-refractivity contribution in [3.05, 3.63) is 53.1 Å². The summed E-state index contributed by atoms with van der Waals surface area (Å²) >= 11 is 6.01. The molecule has 4 N–H and O–H groups in total. The van der Waals surface area contributed by atoms with Gasteiger partial charge >= 0.3 is 0 Å². The zero-order valence-corrected chi connectivity index (χ0v) is 12.0. The summed E-state index contributed by atoms with van der Waals surface area (Å²) < 4.78 is 28.1. The highest BCUT2D eigenvalue weighted by molar-refractivity contribution is 7.89. The van der Waals surface area contributed by atoms with E-state index in [4.69, 9.17) is 27.2 Å². The van der Waals surface area contributed by atoms with Gasteiger partial charge in [0.25, 0.3) is 0 Å². The van der Waals surface area contributed by atoms with E-state index in [1.165, 1.54) is 18.2 Å². The molecule has 0 amide bonds. The molecule has 0 aliphatic carbocycles. The first-order valence-corrected chi connectivity index (χ1v) is 7.59. The molecule has 0 unspecified atom stereocenters. The summed E-state index contributed by atoms with van der Waals surface area (Å²) in [5.41, 5.74) is 6.84. The lowest BCUT2D eigenvalue weighted by atomic mass is 10.2. The molecule has 0 saturated carbocycles. The molecule has 0 aliphatic heterocycles. The third-order valence-corrected chi connectivity index (χ3v) is 3.93. The van der Waals surface area contributed by atoms with Crippen LogP contribution in [0.2, 0.25) is 5.02 Å². The number of halogens is 1. The van der Waals surface area contributed by atoms with Crippen LogP contribution in [-0.4, -0.2) is 8.42 Å². The standard InChI is InChI=1S/C13H13ClN2O3S/c14-11-4-2-1-3-9(11)8-19-13-7-10(20(16,17)18)5-6-12(13)15/h1-7H,8,15H2,(H2,16,17,18). The van der Waals surface area contributed by atoms with Gasteiger partial charge in [0.2, 0.25) is 10.0 Å². The van der Waals surface area contributed by atoms with Crippen molar-refractivity contribution in [3.63, 3.8) is 0 Å². The average molecular weight is 313 g/mol. The van der Waals surface area contributed by atoms with Gasteiger partial charge in [0, 0.05) is 16.7 Å². The maximum atomic E-state index is 11.3. The third-order valence-electron chi connectivity index (χ3n) is 2.65. The van der Waals surface area contributed by atoms with Gasteiger partial charge in [-0.25, -0.2) is 13.6 Å². The van der Waals surface area contributed by atoms with Crippen molar-refractivity contribution < 1.29 is 13.2 Å².